The molecule has 6 heteroatoms. The summed E-state index contributed by atoms with van der Waals surface area (Å²) in [6, 6.07) is 0.264. The van der Waals surface area contributed by atoms with Crippen LogP contribution >= 0.6 is 11.9 Å². The zero-order chi connectivity index (χ0) is 9.42. The first-order chi connectivity index (χ1) is 6.18. The predicted molar refractivity (Wildman–Crippen MR) is 51.6 cm³/mol. The summed E-state index contributed by atoms with van der Waals surface area (Å²) in [5.41, 5.74) is 10.4. The molecule has 2 aliphatic heterocycles. The quantitative estimate of drug-likeness (QED) is 0.269. The molecule has 0 radical (unpaired) electrons. The lowest BCUT2D eigenvalue weighted by molar-refractivity contribution is -0.139. The Labute approximate surface area is 80.0 Å². The molecular formula is C7H10N4OS. The van der Waals surface area contributed by atoms with Gasteiger partial charge >= 0.3 is 0 Å². The molecule has 0 aliphatic carbocycles. The van der Waals surface area contributed by atoms with Crippen molar-refractivity contribution in [3.8, 4) is 0 Å². The predicted octanol–water partition coefficient (Wildman–Crippen LogP) is -0.595. The van der Waals surface area contributed by atoms with Crippen LogP contribution < -0.4 is 11.5 Å². The lowest BCUT2D eigenvalue weighted by atomic mass is 10.0. The first-order valence-corrected chi connectivity index (χ1v) is 4.76. The van der Waals surface area contributed by atoms with E-state index in [2.05, 4.69) is 4.40 Å². The molecule has 0 aromatic heterocycles. The Kier molecular flexibility index (Phi) is 1.91. The molecule has 1 saturated heterocycles. The zero-order valence-electron chi connectivity index (χ0n) is 6.88. The Hall–Kier alpha value is -1.17. The van der Waals surface area contributed by atoms with Gasteiger partial charge in [-0.1, -0.05) is 6.08 Å². The van der Waals surface area contributed by atoms with Gasteiger partial charge in [-0.25, -0.2) is 0 Å². The van der Waals surface area contributed by atoms with Crippen LogP contribution in [0.1, 0.15) is 6.42 Å². The number of rotatable bonds is 2. The Morgan fingerprint density at radius 2 is 2.46 bits per heavy atom. The highest BCUT2D eigenvalue weighted by atomic mass is 32.2. The summed E-state index contributed by atoms with van der Waals surface area (Å²) in [6.07, 6.45) is 4.35. The first kappa shape index (κ1) is 8.43. The molecule has 0 saturated carbocycles. The van der Waals surface area contributed by atoms with E-state index < -0.39 is 0 Å². The number of carbonyl (C=O) groups is 1. The minimum Gasteiger partial charge on any atom is -0.369 e. The second kappa shape index (κ2) is 2.95. The Balaban J connectivity index is 1.94. The summed E-state index contributed by atoms with van der Waals surface area (Å²) >= 11 is 1.31. The normalized spacial score (nSPS) is 29.8. The van der Waals surface area contributed by atoms with Gasteiger partial charge in [0.15, 0.2) is 5.96 Å². The summed E-state index contributed by atoms with van der Waals surface area (Å²) in [6.45, 7) is 0. The van der Waals surface area contributed by atoms with Crippen molar-refractivity contribution in [1.82, 2.24) is 4.90 Å². The van der Waals surface area contributed by atoms with Gasteiger partial charge in [-0.3, -0.25) is 4.79 Å². The van der Waals surface area contributed by atoms with E-state index >= 15 is 0 Å². The third kappa shape index (κ3) is 1.37. The second-order valence-corrected chi connectivity index (χ2v) is 3.94. The number of carbonyl (C=O) groups excluding carboxylic acids is 1. The Morgan fingerprint density at radius 3 is 3.00 bits per heavy atom. The van der Waals surface area contributed by atoms with Crippen molar-refractivity contribution in [3.05, 3.63) is 12.3 Å². The van der Waals surface area contributed by atoms with Crippen LogP contribution in [-0.2, 0) is 4.79 Å². The van der Waals surface area contributed by atoms with E-state index in [0.29, 0.717) is 6.42 Å². The van der Waals surface area contributed by atoms with Crippen LogP contribution in [0.25, 0.3) is 0 Å². The highest BCUT2D eigenvalue weighted by Gasteiger charge is 2.43. The van der Waals surface area contributed by atoms with Crippen LogP contribution in [0.4, 0.5) is 0 Å². The number of hydrogen-bond donors (Lipinski definition) is 2. The maximum atomic E-state index is 11.0. The van der Waals surface area contributed by atoms with Gasteiger partial charge in [0.2, 0.25) is 5.91 Å². The molecule has 70 valence electrons. The van der Waals surface area contributed by atoms with Crippen LogP contribution in [0.5, 0.6) is 0 Å². The van der Waals surface area contributed by atoms with Gasteiger partial charge in [0.1, 0.15) is 0 Å². The number of nitrogens with two attached hydrogens (primary N) is 2. The fourth-order valence-corrected chi connectivity index (χ4v) is 2.21. The summed E-state index contributed by atoms with van der Waals surface area (Å²) in [5.74, 6) is 0.247. The molecule has 0 bridgehead atoms. The summed E-state index contributed by atoms with van der Waals surface area (Å²) in [5, 5.41) is 0.208. The molecule has 0 aromatic carbocycles. The third-order valence-electron chi connectivity index (χ3n) is 2.12. The summed E-state index contributed by atoms with van der Waals surface area (Å²) in [7, 11) is 0. The minimum atomic E-state index is 0.0718. The van der Waals surface area contributed by atoms with E-state index in [1.54, 1.807) is 11.1 Å². The van der Waals surface area contributed by atoms with E-state index in [4.69, 9.17) is 11.5 Å². The highest BCUT2D eigenvalue weighted by molar-refractivity contribution is 7.99. The first-order valence-electron chi connectivity index (χ1n) is 3.93. The second-order valence-electron chi connectivity index (χ2n) is 3.00. The van der Waals surface area contributed by atoms with Gasteiger partial charge < -0.3 is 16.4 Å². The molecule has 2 heterocycles. The molecule has 5 nitrogen and oxygen atoms in total. The largest absolute Gasteiger partial charge is 0.369 e. The molecule has 1 amide bonds. The van der Waals surface area contributed by atoms with Crippen molar-refractivity contribution in [1.29, 1.82) is 0 Å². The topological polar surface area (TPSA) is 84.7 Å². The van der Waals surface area contributed by atoms with Gasteiger partial charge in [0.25, 0.3) is 0 Å². The van der Waals surface area contributed by atoms with Crippen LogP contribution in [0.15, 0.2) is 16.7 Å². The number of β-lactam (4-membered cyclic amide) rings is 1. The van der Waals surface area contributed by atoms with Crippen molar-refractivity contribution in [2.45, 2.75) is 17.7 Å². The maximum Gasteiger partial charge on any atom is 0.228 e. The van der Waals surface area contributed by atoms with Gasteiger partial charge in [0.05, 0.1) is 11.3 Å². The molecule has 0 spiro atoms. The average molecular weight is 198 g/mol. The Bertz CT molecular complexity index is 297. The number of nitrogens with zero attached hydrogens (tertiary/aromatic N) is 2. The molecule has 2 rings (SSSR count). The number of fused-ring (bicyclic) bond motifs is 1. The van der Waals surface area contributed by atoms with E-state index in [1.807, 2.05) is 6.08 Å². The van der Waals surface area contributed by atoms with Crippen molar-refractivity contribution in [3.63, 3.8) is 0 Å². The molecule has 1 fully saturated rings. The smallest absolute Gasteiger partial charge is 0.228 e. The molecule has 2 aliphatic rings. The SMILES string of the molecule is NC(N)=NSC1C=CN2C(=O)C[C@@H]12. The third-order valence-corrected chi connectivity index (χ3v) is 3.16. The lowest BCUT2D eigenvalue weighted by Gasteiger charge is -2.35. The van der Waals surface area contributed by atoms with Crippen LogP contribution in [0, 0.1) is 0 Å². The minimum absolute atomic E-state index is 0.0718. The van der Waals surface area contributed by atoms with Gasteiger partial charge in [0, 0.05) is 12.6 Å². The molecule has 2 atom stereocenters. The number of hydrogen-bond acceptors (Lipinski definition) is 3. The molecular weight excluding hydrogens is 188 g/mol. The van der Waals surface area contributed by atoms with Gasteiger partial charge in [-0.05, 0) is 11.9 Å². The van der Waals surface area contributed by atoms with E-state index in [9.17, 15) is 4.79 Å². The lowest BCUT2D eigenvalue weighted by Crippen LogP contribution is -2.50. The van der Waals surface area contributed by atoms with Gasteiger partial charge in [-0.15, -0.1) is 0 Å². The summed E-state index contributed by atoms with van der Waals surface area (Å²) < 4.78 is 3.85. The molecule has 4 N–H and O–H groups in total. The summed E-state index contributed by atoms with van der Waals surface area (Å²) in [4.78, 5) is 12.7. The number of amides is 1. The van der Waals surface area contributed by atoms with E-state index in [1.165, 1.54) is 11.9 Å². The Morgan fingerprint density at radius 1 is 1.69 bits per heavy atom. The van der Waals surface area contributed by atoms with Crippen molar-refractivity contribution in [2.24, 2.45) is 15.9 Å². The fraction of sp³-hybridized carbons (Fsp3) is 0.429. The number of guanidine groups is 1. The van der Waals surface area contributed by atoms with Gasteiger partial charge in [-0.2, -0.15) is 4.40 Å². The zero-order valence-corrected chi connectivity index (χ0v) is 7.70. The van der Waals surface area contributed by atoms with Crippen molar-refractivity contribution >= 4 is 23.8 Å². The van der Waals surface area contributed by atoms with Crippen molar-refractivity contribution in [2.75, 3.05) is 0 Å². The van der Waals surface area contributed by atoms with Crippen LogP contribution in [0.2, 0.25) is 0 Å². The fourth-order valence-electron chi connectivity index (χ4n) is 1.46. The molecule has 0 aromatic rings. The monoisotopic (exact) mass is 198 g/mol. The average Bonchev–Trinajstić information content (AvgIpc) is 2.38. The molecule has 1 unspecified atom stereocenters. The van der Waals surface area contributed by atoms with Crippen LogP contribution in [0.3, 0.4) is 0 Å². The standard InChI is InChI=1S/C7H10N4OS/c8-7(9)10-13-5-1-2-11-4(5)3-6(11)12/h1-2,4-5H,3H2,(H4,8,9,10)/t4-,5?/m0/s1. The van der Waals surface area contributed by atoms with Crippen molar-refractivity contribution < 1.29 is 4.79 Å². The molecule has 13 heavy (non-hydrogen) atoms. The van der Waals surface area contributed by atoms with E-state index in [-0.39, 0.29) is 23.2 Å². The highest BCUT2D eigenvalue weighted by Crippen LogP contribution is 2.35. The maximum absolute atomic E-state index is 11.0. The van der Waals surface area contributed by atoms with Crippen LogP contribution in [-0.4, -0.2) is 28.1 Å². The van der Waals surface area contributed by atoms with E-state index in [0.717, 1.165) is 0 Å².